The van der Waals surface area contributed by atoms with E-state index in [4.69, 9.17) is 11.0 Å². The van der Waals surface area contributed by atoms with E-state index in [1.165, 1.54) is 0 Å². The molecule has 0 radical (unpaired) electrons. The van der Waals surface area contributed by atoms with Gasteiger partial charge in [-0.15, -0.1) is 11.3 Å². The Balaban J connectivity index is 2.44. The first kappa shape index (κ1) is 12.7. The highest BCUT2D eigenvalue weighted by Crippen LogP contribution is 2.32. The topological polar surface area (TPSA) is 65.9 Å². The maximum Gasteiger partial charge on any atom is 0.0907 e. The number of benzene rings is 1. The monoisotopic (exact) mass is 260 g/mol. The van der Waals surface area contributed by atoms with E-state index in [0.717, 1.165) is 26.6 Å². The highest BCUT2D eigenvalue weighted by atomic mass is 32.1. The van der Waals surface area contributed by atoms with Gasteiger partial charge in [0.25, 0.3) is 0 Å². The third-order valence-electron chi connectivity index (χ3n) is 3.07. The number of nitrogen functional groups attached to an aromatic ring is 1. The minimum absolute atomic E-state index is 0.134. The smallest absolute Gasteiger partial charge is 0.0907 e. The number of nitrogens with two attached hydrogens (primary N) is 1. The quantitative estimate of drug-likeness (QED) is 0.862. The number of hydrogen-bond acceptors (Lipinski definition) is 5. The molecule has 0 fully saturated rings. The number of rotatable bonds is 3. The van der Waals surface area contributed by atoms with Crippen molar-refractivity contribution in [1.82, 2.24) is 4.98 Å². The number of nitrogens with zero attached hydrogens (tertiary/aromatic N) is 3. The van der Waals surface area contributed by atoms with Gasteiger partial charge in [0.2, 0.25) is 0 Å². The number of fused-ring (bicyclic) bond motifs is 1. The molecule has 0 amide bonds. The van der Waals surface area contributed by atoms with Crippen LogP contribution >= 0.6 is 11.3 Å². The molecule has 18 heavy (non-hydrogen) atoms. The first-order chi connectivity index (χ1) is 8.52. The van der Waals surface area contributed by atoms with Crippen LogP contribution in [0.2, 0.25) is 0 Å². The predicted molar refractivity (Wildman–Crippen MR) is 76.9 cm³/mol. The predicted octanol–water partition coefficient (Wildman–Crippen LogP) is 2.93. The van der Waals surface area contributed by atoms with Crippen molar-refractivity contribution in [1.29, 1.82) is 5.26 Å². The lowest BCUT2D eigenvalue weighted by Gasteiger charge is -2.26. The van der Waals surface area contributed by atoms with Crippen molar-refractivity contribution in [3.05, 3.63) is 17.1 Å². The van der Waals surface area contributed by atoms with Crippen molar-refractivity contribution >= 4 is 32.9 Å². The van der Waals surface area contributed by atoms with Gasteiger partial charge in [-0.05, 0) is 26.0 Å². The molecule has 2 rings (SSSR count). The molecular weight excluding hydrogens is 244 g/mol. The van der Waals surface area contributed by atoms with Crippen molar-refractivity contribution in [3.63, 3.8) is 0 Å². The van der Waals surface area contributed by atoms with Crippen LogP contribution in [0.3, 0.4) is 0 Å². The minimum atomic E-state index is 0.134. The normalized spacial score (nSPS) is 12.3. The van der Waals surface area contributed by atoms with E-state index in [1.807, 2.05) is 37.9 Å². The number of aryl methyl sites for hydroxylation is 1. The van der Waals surface area contributed by atoms with E-state index >= 15 is 0 Å². The van der Waals surface area contributed by atoms with Crippen LogP contribution < -0.4 is 10.6 Å². The van der Waals surface area contributed by atoms with Gasteiger partial charge < -0.3 is 10.6 Å². The van der Waals surface area contributed by atoms with E-state index in [2.05, 4.69) is 11.1 Å². The Morgan fingerprint density at radius 1 is 1.56 bits per heavy atom. The number of aromatic nitrogens is 1. The largest absolute Gasteiger partial charge is 0.397 e. The van der Waals surface area contributed by atoms with Gasteiger partial charge in [0.1, 0.15) is 0 Å². The van der Waals surface area contributed by atoms with Gasteiger partial charge in [-0.25, -0.2) is 4.98 Å². The van der Waals surface area contributed by atoms with Crippen molar-refractivity contribution in [2.45, 2.75) is 26.3 Å². The number of nitriles is 1. The summed E-state index contributed by atoms with van der Waals surface area (Å²) in [5, 5.41) is 9.79. The summed E-state index contributed by atoms with van der Waals surface area (Å²) >= 11 is 1.64. The summed E-state index contributed by atoms with van der Waals surface area (Å²) in [7, 11) is 1.96. The van der Waals surface area contributed by atoms with Gasteiger partial charge in [-0.3, -0.25) is 0 Å². The van der Waals surface area contributed by atoms with Crippen LogP contribution in [0.25, 0.3) is 10.2 Å². The van der Waals surface area contributed by atoms with Crippen molar-refractivity contribution in [2.75, 3.05) is 17.7 Å². The Bertz CT molecular complexity index is 611. The fourth-order valence-electron chi connectivity index (χ4n) is 1.91. The molecule has 2 N–H and O–H groups in total. The second-order valence-electron chi connectivity index (χ2n) is 4.43. The van der Waals surface area contributed by atoms with Gasteiger partial charge >= 0.3 is 0 Å². The van der Waals surface area contributed by atoms with Gasteiger partial charge in [-0.1, -0.05) is 0 Å². The zero-order chi connectivity index (χ0) is 13.3. The van der Waals surface area contributed by atoms with Crippen molar-refractivity contribution in [3.8, 4) is 6.07 Å². The maximum atomic E-state index is 8.76. The van der Waals surface area contributed by atoms with Crippen molar-refractivity contribution in [2.24, 2.45) is 0 Å². The van der Waals surface area contributed by atoms with E-state index < -0.39 is 0 Å². The van der Waals surface area contributed by atoms with E-state index in [9.17, 15) is 0 Å². The van der Waals surface area contributed by atoms with Crippen LogP contribution in [0, 0.1) is 18.3 Å². The number of thiazole rings is 1. The summed E-state index contributed by atoms with van der Waals surface area (Å²) in [6.45, 7) is 4.00. The molecule has 0 aliphatic heterocycles. The van der Waals surface area contributed by atoms with Crippen LogP contribution in [0.1, 0.15) is 18.4 Å². The first-order valence-electron chi connectivity index (χ1n) is 5.79. The van der Waals surface area contributed by atoms with Crippen LogP contribution in [-0.4, -0.2) is 18.1 Å². The molecule has 1 aromatic heterocycles. The van der Waals surface area contributed by atoms with Crippen LogP contribution in [0.5, 0.6) is 0 Å². The summed E-state index contributed by atoms with van der Waals surface area (Å²) in [6.07, 6.45) is 0.476. The molecule has 4 nitrogen and oxygen atoms in total. The molecule has 1 aromatic carbocycles. The highest BCUT2D eigenvalue weighted by Gasteiger charge is 2.14. The van der Waals surface area contributed by atoms with Gasteiger partial charge in [0.15, 0.2) is 0 Å². The highest BCUT2D eigenvalue weighted by molar-refractivity contribution is 7.18. The molecule has 0 spiro atoms. The third-order valence-corrected chi connectivity index (χ3v) is 4.01. The Morgan fingerprint density at radius 3 is 2.94 bits per heavy atom. The maximum absolute atomic E-state index is 8.76. The molecule has 1 unspecified atom stereocenters. The molecule has 0 aliphatic rings. The summed E-state index contributed by atoms with van der Waals surface area (Å²) in [4.78, 5) is 6.51. The summed E-state index contributed by atoms with van der Waals surface area (Å²) in [5.74, 6) is 0. The second-order valence-corrected chi connectivity index (χ2v) is 5.67. The molecular formula is C13H16N4S. The molecule has 5 heteroatoms. The van der Waals surface area contributed by atoms with Gasteiger partial charge in [0.05, 0.1) is 39.1 Å². The molecule has 0 saturated carbocycles. The standard InChI is InChI=1S/C13H16N4S/c1-8(4-5-14)17(3)12-7-11-13(6-10(12)15)18-9(2)16-11/h6-8H,4,15H2,1-3H3. The zero-order valence-corrected chi connectivity index (χ0v) is 11.6. The number of hydrogen-bond donors (Lipinski definition) is 1. The lowest BCUT2D eigenvalue weighted by molar-refractivity contribution is 0.704. The summed E-state index contributed by atoms with van der Waals surface area (Å²) in [5.41, 5.74) is 8.73. The van der Waals surface area contributed by atoms with Crippen LogP contribution in [0.4, 0.5) is 11.4 Å². The van der Waals surface area contributed by atoms with Gasteiger partial charge in [0, 0.05) is 13.1 Å². The molecule has 1 heterocycles. The van der Waals surface area contributed by atoms with Crippen molar-refractivity contribution < 1.29 is 0 Å². The summed E-state index contributed by atoms with van der Waals surface area (Å²) < 4.78 is 1.11. The Labute approximate surface area is 111 Å². The van der Waals surface area contributed by atoms with Crippen LogP contribution in [-0.2, 0) is 0 Å². The Morgan fingerprint density at radius 2 is 2.28 bits per heavy atom. The van der Waals surface area contributed by atoms with E-state index in [-0.39, 0.29) is 6.04 Å². The fraction of sp³-hybridized carbons (Fsp3) is 0.385. The summed E-state index contributed by atoms with van der Waals surface area (Å²) in [6, 6.07) is 6.28. The molecule has 0 bridgehead atoms. The Hall–Kier alpha value is -1.80. The Kier molecular flexibility index (Phi) is 3.39. The van der Waals surface area contributed by atoms with Crippen LogP contribution in [0.15, 0.2) is 12.1 Å². The third kappa shape index (κ3) is 2.24. The molecule has 1 atom stereocenters. The molecule has 2 aromatic rings. The van der Waals surface area contributed by atoms with E-state index in [1.54, 1.807) is 11.3 Å². The average Bonchev–Trinajstić information content (AvgIpc) is 2.66. The lowest BCUT2D eigenvalue weighted by Crippen LogP contribution is -2.29. The first-order valence-corrected chi connectivity index (χ1v) is 6.61. The number of anilines is 2. The lowest BCUT2D eigenvalue weighted by atomic mass is 10.1. The minimum Gasteiger partial charge on any atom is -0.397 e. The second kappa shape index (κ2) is 4.83. The molecule has 94 valence electrons. The molecule has 0 saturated heterocycles. The fourth-order valence-corrected chi connectivity index (χ4v) is 2.76. The molecule has 0 aliphatic carbocycles. The average molecular weight is 260 g/mol. The zero-order valence-electron chi connectivity index (χ0n) is 10.8. The SMILES string of the molecule is Cc1nc2cc(N(C)C(C)CC#N)c(N)cc2s1. The van der Waals surface area contributed by atoms with Gasteiger partial charge in [-0.2, -0.15) is 5.26 Å². The van der Waals surface area contributed by atoms with E-state index in [0.29, 0.717) is 6.42 Å².